The zero-order valence-electron chi connectivity index (χ0n) is 20.7. The molecule has 1 fully saturated rings. The van der Waals surface area contributed by atoms with Crippen molar-refractivity contribution < 1.29 is 28.6 Å². The number of ether oxygens (including phenoxy) is 3. The molecule has 0 saturated carbocycles. The Hall–Kier alpha value is -3.55. The lowest BCUT2D eigenvalue weighted by Crippen LogP contribution is -2.68. The Morgan fingerprint density at radius 1 is 1.03 bits per heavy atom. The van der Waals surface area contributed by atoms with E-state index in [2.05, 4.69) is 0 Å². The normalized spacial score (nSPS) is 20.1. The van der Waals surface area contributed by atoms with E-state index in [0.717, 1.165) is 16.7 Å². The predicted octanol–water partition coefficient (Wildman–Crippen LogP) is 2.75. The average Bonchev–Trinajstić information content (AvgIpc) is 2.88. The standard InChI is InChI=1S/C27H32N2O6/c1-5-35-27(32)21(12-11-18-9-7-6-8-10-18)29-17(2)25(30)28-16-20-15-24(34-4)23(33-3)14-19(20)13-22(28)26(29)31/h6-10,14-15,17,21-22H,5,11-13,16H2,1-4H3. The van der Waals surface area contributed by atoms with Crippen LogP contribution in [-0.4, -0.2) is 66.5 Å². The first kappa shape index (κ1) is 24.6. The number of nitrogens with zero attached hydrogens (tertiary/aromatic N) is 2. The van der Waals surface area contributed by atoms with Crippen molar-refractivity contribution in [3.05, 3.63) is 59.2 Å². The van der Waals surface area contributed by atoms with Crippen LogP contribution in [0.5, 0.6) is 11.5 Å². The third-order valence-electron chi connectivity index (χ3n) is 6.88. The van der Waals surface area contributed by atoms with Gasteiger partial charge in [0.15, 0.2) is 11.5 Å². The molecule has 0 aliphatic carbocycles. The number of benzene rings is 2. The maximum absolute atomic E-state index is 13.8. The molecule has 0 N–H and O–H groups in total. The Balaban J connectivity index is 1.64. The summed E-state index contributed by atoms with van der Waals surface area (Å²) in [5.41, 5.74) is 2.91. The average molecular weight is 481 g/mol. The minimum atomic E-state index is -0.837. The molecule has 4 rings (SSSR count). The monoisotopic (exact) mass is 480 g/mol. The third-order valence-corrected chi connectivity index (χ3v) is 6.88. The van der Waals surface area contributed by atoms with Gasteiger partial charge < -0.3 is 24.0 Å². The van der Waals surface area contributed by atoms with E-state index in [9.17, 15) is 14.4 Å². The summed E-state index contributed by atoms with van der Waals surface area (Å²) >= 11 is 0. The highest BCUT2D eigenvalue weighted by Gasteiger charge is 2.49. The van der Waals surface area contributed by atoms with E-state index in [0.29, 0.717) is 37.3 Å². The Morgan fingerprint density at radius 2 is 1.69 bits per heavy atom. The van der Waals surface area contributed by atoms with Crippen LogP contribution in [0.15, 0.2) is 42.5 Å². The molecule has 8 nitrogen and oxygen atoms in total. The molecule has 1 saturated heterocycles. The zero-order valence-corrected chi connectivity index (χ0v) is 20.7. The summed E-state index contributed by atoms with van der Waals surface area (Å²) < 4.78 is 16.2. The van der Waals surface area contributed by atoms with E-state index >= 15 is 0 Å². The van der Waals surface area contributed by atoms with Gasteiger partial charge in [-0.1, -0.05) is 30.3 Å². The van der Waals surface area contributed by atoms with Crippen LogP contribution in [0.3, 0.4) is 0 Å². The topological polar surface area (TPSA) is 85.4 Å². The minimum Gasteiger partial charge on any atom is -0.493 e. The van der Waals surface area contributed by atoms with Gasteiger partial charge in [0.25, 0.3) is 0 Å². The van der Waals surface area contributed by atoms with Crippen LogP contribution >= 0.6 is 0 Å². The number of amides is 2. The van der Waals surface area contributed by atoms with E-state index in [4.69, 9.17) is 14.2 Å². The summed E-state index contributed by atoms with van der Waals surface area (Å²) in [4.78, 5) is 43.4. The Labute approximate surface area is 205 Å². The first-order valence-corrected chi connectivity index (χ1v) is 12.0. The Bertz CT molecular complexity index is 1100. The number of fused-ring (bicyclic) bond motifs is 2. The van der Waals surface area contributed by atoms with Gasteiger partial charge in [0.2, 0.25) is 11.8 Å². The van der Waals surface area contributed by atoms with Gasteiger partial charge in [0.05, 0.1) is 20.8 Å². The summed E-state index contributed by atoms with van der Waals surface area (Å²) in [6, 6.07) is 11.2. The van der Waals surface area contributed by atoms with Crippen molar-refractivity contribution in [3.8, 4) is 11.5 Å². The zero-order chi connectivity index (χ0) is 25.1. The highest BCUT2D eigenvalue weighted by molar-refractivity contribution is 5.99. The number of carbonyl (C=O) groups excluding carboxylic acids is 3. The second-order valence-corrected chi connectivity index (χ2v) is 8.88. The quantitative estimate of drug-likeness (QED) is 0.540. The molecule has 8 heteroatoms. The molecular formula is C27H32N2O6. The largest absolute Gasteiger partial charge is 0.493 e. The number of esters is 1. The molecule has 2 aromatic carbocycles. The van der Waals surface area contributed by atoms with Gasteiger partial charge in [-0.3, -0.25) is 9.59 Å². The summed E-state index contributed by atoms with van der Waals surface area (Å²) in [7, 11) is 3.13. The fraction of sp³-hybridized carbons (Fsp3) is 0.444. The lowest BCUT2D eigenvalue weighted by Gasteiger charge is -2.48. The second-order valence-electron chi connectivity index (χ2n) is 8.88. The van der Waals surface area contributed by atoms with E-state index in [1.807, 2.05) is 42.5 Å². The maximum Gasteiger partial charge on any atom is 0.328 e. The van der Waals surface area contributed by atoms with Gasteiger partial charge >= 0.3 is 5.97 Å². The maximum atomic E-state index is 13.8. The van der Waals surface area contributed by atoms with Crippen LogP contribution in [0.2, 0.25) is 0 Å². The third kappa shape index (κ3) is 4.70. The molecule has 3 unspecified atom stereocenters. The number of aryl methyl sites for hydroxylation is 1. The van der Waals surface area contributed by atoms with Crippen molar-refractivity contribution in [2.45, 2.75) is 57.8 Å². The van der Waals surface area contributed by atoms with Crippen LogP contribution in [0, 0.1) is 0 Å². The van der Waals surface area contributed by atoms with Crippen molar-refractivity contribution >= 4 is 17.8 Å². The minimum absolute atomic E-state index is 0.177. The van der Waals surface area contributed by atoms with Crippen LogP contribution in [0.4, 0.5) is 0 Å². The Morgan fingerprint density at radius 3 is 2.31 bits per heavy atom. The van der Waals surface area contributed by atoms with Crippen molar-refractivity contribution in [1.82, 2.24) is 9.80 Å². The summed E-state index contributed by atoms with van der Waals surface area (Å²) in [5.74, 6) is 0.269. The van der Waals surface area contributed by atoms with Crippen molar-refractivity contribution in [2.24, 2.45) is 0 Å². The van der Waals surface area contributed by atoms with Gasteiger partial charge in [-0.2, -0.15) is 0 Å². The SMILES string of the molecule is CCOC(=O)C(CCc1ccccc1)N1C(=O)C2Cc3cc(OC)c(OC)cc3CN2C(=O)C1C. The first-order valence-electron chi connectivity index (χ1n) is 12.0. The molecule has 0 radical (unpaired) electrons. The van der Waals surface area contributed by atoms with Crippen molar-refractivity contribution in [1.29, 1.82) is 0 Å². The second kappa shape index (κ2) is 10.4. The molecule has 2 amide bonds. The first-order chi connectivity index (χ1) is 16.9. The van der Waals surface area contributed by atoms with E-state index in [-0.39, 0.29) is 18.4 Å². The molecule has 2 aromatic rings. The molecule has 35 heavy (non-hydrogen) atoms. The lowest BCUT2D eigenvalue weighted by molar-refractivity contribution is -0.171. The summed E-state index contributed by atoms with van der Waals surface area (Å²) in [6.45, 7) is 3.93. The van der Waals surface area contributed by atoms with Gasteiger partial charge in [0, 0.05) is 13.0 Å². The number of carbonyl (C=O) groups is 3. The highest BCUT2D eigenvalue weighted by atomic mass is 16.5. The van der Waals surface area contributed by atoms with Crippen LogP contribution in [0.1, 0.15) is 37.0 Å². The van der Waals surface area contributed by atoms with Crippen LogP contribution in [0.25, 0.3) is 0 Å². The summed E-state index contributed by atoms with van der Waals surface area (Å²) in [5, 5.41) is 0. The van der Waals surface area contributed by atoms with Gasteiger partial charge in [0.1, 0.15) is 18.1 Å². The van der Waals surface area contributed by atoms with E-state index in [1.165, 1.54) is 4.90 Å². The van der Waals surface area contributed by atoms with E-state index in [1.54, 1.807) is 33.0 Å². The van der Waals surface area contributed by atoms with E-state index < -0.39 is 24.1 Å². The number of rotatable bonds is 8. The van der Waals surface area contributed by atoms with Crippen LogP contribution < -0.4 is 9.47 Å². The molecule has 0 spiro atoms. The molecule has 2 aliphatic heterocycles. The lowest BCUT2D eigenvalue weighted by atomic mass is 9.88. The fourth-order valence-electron chi connectivity index (χ4n) is 5.07. The van der Waals surface area contributed by atoms with Crippen molar-refractivity contribution in [3.63, 3.8) is 0 Å². The molecule has 0 aromatic heterocycles. The molecule has 2 aliphatic rings. The molecule has 0 bridgehead atoms. The molecule has 186 valence electrons. The molecule has 3 atom stereocenters. The number of hydrogen-bond donors (Lipinski definition) is 0. The molecule has 2 heterocycles. The number of piperazine rings is 1. The number of hydrogen-bond acceptors (Lipinski definition) is 6. The van der Waals surface area contributed by atoms with Crippen LogP contribution in [-0.2, 0) is 38.5 Å². The van der Waals surface area contributed by atoms with Crippen molar-refractivity contribution in [2.75, 3.05) is 20.8 Å². The predicted molar refractivity (Wildman–Crippen MR) is 129 cm³/mol. The Kier molecular flexibility index (Phi) is 7.28. The van der Waals surface area contributed by atoms with Gasteiger partial charge in [-0.25, -0.2) is 4.79 Å². The van der Waals surface area contributed by atoms with Gasteiger partial charge in [-0.15, -0.1) is 0 Å². The smallest absolute Gasteiger partial charge is 0.328 e. The fourth-order valence-corrected chi connectivity index (χ4v) is 5.07. The van der Waals surface area contributed by atoms with Gasteiger partial charge in [-0.05, 0) is 55.5 Å². The highest BCUT2D eigenvalue weighted by Crippen LogP contribution is 2.37. The molecular weight excluding hydrogens is 448 g/mol. The summed E-state index contributed by atoms with van der Waals surface area (Å²) in [6.07, 6.45) is 1.31. The number of methoxy groups -OCH3 is 2.